The standard InChI is InChI=1S/C10H17N3/c1-2-3-4-7-13-9-12-8-10(13)5-6-11/h2-3,8-9H,4-7,11H2,1H3/b3-2+. The van der Waals surface area contributed by atoms with Crippen molar-refractivity contribution in [2.45, 2.75) is 26.3 Å². The molecule has 0 saturated carbocycles. The highest BCUT2D eigenvalue weighted by molar-refractivity contribution is 4.99. The topological polar surface area (TPSA) is 43.8 Å². The number of hydrogen-bond donors (Lipinski definition) is 1. The fourth-order valence-electron chi connectivity index (χ4n) is 1.29. The Balaban J connectivity index is 2.49. The number of hydrogen-bond acceptors (Lipinski definition) is 2. The van der Waals surface area contributed by atoms with Gasteiger partial charge >= 0.3 is 0 Å². The van der Waals surface area contributed by atoms with Gasteiger partial charge < -0.3 is 10.3 Å². The Hall–Kier alpha value is -1.09. The SMILES string of the molecule is C/C=C/CCn1cncc1CCN. The molecule has 0 fully saturated rings. The molecule has 0 aromatic carbocycles. The molecular weight excluding hydrogens is 162 g/mol. The first-order valence-electron chi connectivity index (χ1n) is 4.68. The summed E-state index contributed by atoms with van der Waals surface area (Å²) in [5.74, 6) is 0. The number of nitrogens with two attached hydrogens (primary N) is 1. The van der Waals surface area contributed by atoms with Gasteiger partial charge in [0.25, 0.3) is 0 Å². The molecule has 72 valence electrons. The third kappa shape index (κ3) is 3.03. The van der Waals surface area contributed by atoms with Gasteiger partial charge in [0.1, 0.15) is 0 Å². The number of allylic oxidation sites excluding steroid dienone is 2. The second-order valence-corrected chi connectivity index (χ2v) is 2.97. The minimum absolute atomic E-state index is 0.690. The number of aromatic nitrogens is 2. The van der Waals surface area contributed by atoms with E-state index in [9.17, 15) is 0 Å². The Morgan fingerprint density at radius 2 is 2.46 bits per heavy atom. The van der Waals surface area contributed by atoms with Crippen LogP contribution in [0.3, 0.4) is 0 Å². The van der Waals surface area contributed by atoms with Crippen LogP contribution < -0.4 is 5.73 Å². The van der Waals surface area contributed by atoms with Crippen molar-refractivity contribution in [3.8, 4) is 0 Å². The molecule has 3 heteroatoms. The first kappa shape index (κ1) is 9.99. The van der Waals surface area contributed by atoms with Crippen LogP contribution >= 0.6 is 0 Å². The third-order valence-corrected chi connectivity index (χ3v) is 1.97. The summed E-state index contributed by atoms with van der Waals surface area (Å²) in [6.07, 6.45) is 9.96. The predicted molar refractivity (Wildman–Crippen MR) is 54.4 cm³/mol. The molecule has 0 unspecified atom stereocenters. The summed E-state index contributed by atoms with van der Waals surface area (Å²) in [5.41, 5.74) is 6.72. The predicted octanol–water partition coefficient (Wildman–Crippen LogP) is 1.35. The van der Waals surface area contributed by atoms with Gasteiger partial charge in [0.05, 0.1) is 6.33 Å². The molecule has 0 spiro atoms. The van der Waals surface area contributed by atoms with Crippen molar-refractivity contribution in [2.24, 2.45) is 5.73 Å². The van der Waals surface area contributed by atoms with Crippen LogP contribution in [0.2, 0.25) is 0 Å². The quantitative estimate of drug-likeness (QED) is 0.693. The van der Waals surface area contributed by atoms with Crippen molar-refractivity contribution >= 4 is 0 Å². The fraction of sp³-hybridized carbons (Fsp3) is 0.500. The van der Waals surface area contributed by atoms with Crippen molar-refractivity contribution < 1.29 is 0 Å². The van der Waals surface area contributed by atoms with Crippen LogP contribution in [0, 0.1) is 0 Å². The first-order valence-corrected chi connectivity index (χ1v) is 4.68. The van der Waals surface area contributed by atoms with E-state index in [0.29, 0.717) is 6.54 Å². The minimum Gasteiger partial charge on any atom is -0.334 e. The number of imidazole rings is 1. The van der Waals surface area contributed by atoms with Gasteiger partial charge in [0.2, 0.25) is 0 Å². The van der Waals surface area contributed by atoms with E-state index in [1.165, 1.54) is 5.69 Å². The molecule has 1 aromatic rings. The maximum absolute atomic E-state index is 5.49. The van der Waals surface area contributed by atoms with E-state index in [2.05, 4.69) is 21.7 Å². The van der Waals surface area contributed by atoms with Crippen LogP contribution in [0.1, 0.15) is 19.0 Å². The third-order valence-electron chi connectivity index (χ3n) is 1.97. The van der Waals surface area contributed by atoms with Gasteiger partial charge in [-0.3, -0.25) is 0 Å². The molecule has 1 rings (SSSR count). The van der Waals surface area contributed by atoms with Crippen molar-refractivity contribution in [1.29, 1.82) is 0 Å². The van der Waals surface area contributed by atoms with Gasteiger partial charge in [-0.25, -0.2) is 4.98 Å². The van der Waals surface area contributed by atoms with Gasteiger partial charge in [-0.05, 0) is 19.9 Å². The van der Waals surface area contributed by atoms with Crippen molar-refractivity contribution in [3.63, 3.8) is 0 Å². The Labute approximate surface area is 79.3 Å². The highest BCUT2D eigenvalue weighted by atomic mass is 15.0. The van der Waals surface area contributed by atoms with Crippen molar-refractivity contribution in [1.82, 2.24) is 9.55 Å². The zero-order valence-corrected chi connectivity index (χ0v) is 8.11. The van der Waals surface area contributed by atoms with E-state index in [1.807, 2.05) is 19.4 Å². The summed E-state index contributed by atoms with van der Waals surface area (Å²) in [5, 5.41) is 0. The van der Waals surface area contributed by atoms with Gasteiger partial charge in [-0.2, -0.15) is 0 Å². The van der Waals surface area contributed by atoms with Gasteiger partial charge in [0.15, 0.2) is 0 Å². The van der Waals surface area contributed by atoms with Gasteiger partial charge in [-0.1, -0.05) is 12.2 Å². The lowest BCUT2D eigenvalue weighted by atomic mass is 10.3. The van der Waals surface area contributed by atoms with E-state index in [4.69, 9.17) is 5.73 Å². The largest absolute Gasteiger partial charge is 0.334 e. The van der Waals surface area contributed by atoms with E-state index in [0.717, 1.165) is 19.4 Å². The lowest BCUT2D eigenvalue weighted by Gasteiger charge is -2.04. The van der Waals surface area contributed by atoms with Crippen LogP contribution in [0.5, 0.6) is 0 Å². The number of rotatable bonds is 5. The van der Waals surface area contributed by atoms with E-state index in [1.54, 1.807) is 0 Å². The van der Waals surface area contributed by atoms with Crippen LogP contribution in [0.15, 0.2) is 24.7 Å². The molecule has 1 heterocycles. The highest BCUT2D eigenvalue weighted by Crippen LogP contribution is 2.01. The lowest BCUT2D eigenvalue weighted by Crippen LogP contribution is -2.08. The summed E-state index contributed by atoms with van der Waals surface area (Å²) in [4.78, 5) is 4.10. The Morgan fingerprint density at radius 1 is 1.62 bits per heavy atom. The fourth-order valence-corrected chi connectivity index (χ4v) is 1.29. The second kappa shape index (κ2) is 5.54. The zero-order valence-electron chi connectivity index (χ0n) is 8.11. The van der Waals surface area contributed by atoms with E-state index >= 15 is 0 Å². The maximum Gasteiger partial charge on any atom is 0.0948 e. The maximum atomic E-state index is 5.49. The van der Waals surface area contributed by atoms with Crippen LogP contribution in [0.25, 0.3) is 0 Å². The van der Waals surface area contributed by atoms with Gasteiger partial charge in [-0.15, -0.1) is 0 Å². The smallest absolute Gasteiger partial charge is 0.0948 e. The molecule has 0 atom stereocenters. The zero-order chi connectivity index (χ0) is 9.52. The van der Waals surface area contributed by atoms with Crippen LogP contribution in [-0.4, -0.2) is 16.1 Å². The molecule has 0 aliphatic carbocycles. The summed E-state index contributed by atoms with van der Waals surface area (Å²) in [6, 6.07) is 0. The van der Waals surface area contributed by atoms with E-state index in [-0.39, 0.29) is 0 Å². The number of nitrogens with zero attached hydrogens (tertiary/aromatic N) is 2. The lowest BCUT2D eigenvalue weighted by molar-refractivity contribution is 0.668. The summed E-state index contributed by atoms with van der Waals surface area (Å²) < 4.78 is 2.16. The van der Waals surface area contributed by atoms with Crippen LogP contribution in [0.4, 0.5) is 0 Å². The molecule has 2 N–H and O–H groups in total. The Morgan fingerprint density at radius 3 is 3.15 bits per heavy atom. The number of aryl methyl sites for hydroxylation is 1. The van der Waals surface area contributed by atoms with Crippen LogP contribution in [-0.2, 0) is 13.0 Å². The summed E-state index contributed by atoms with van der Waals surface area (Å²) >= 11 is 0. The molecule has 3 nitrogen and oxygen atoms in total. The highest BCUT2D eigenvalue weighted by Gasteiger charge is 1.98. The first-order chi connectivity index (χ1) is 6.38. The molecule has 1 aromatic heterocycles. The normalized spacial score (nSPS) is 11.2. The van der Waals surface area contributed by atoms with E-state index < -0.39 is 0 Å². The molecule has 0 amide bonds. The van der Waals surface area contributed by atoms with Gasteiger partial charge in [0, 0.05) is 24.9 Å². The second-order valence-electron chi connectivity index (χ2n) is 2.97. The minimum atomic E-state index is 0.690. The summed E-state index contributed by atoms with van der Waals surface area (Å²) in [7, 11) is 0. The molecule has 0 bridgehead atoms. The van der Waals surface area contributed by atoms with Crippen molar-refractivity contribution in [2.75, 3.05) is 6.54 Å². The molecule has 13 heavy (non-hydrogen) atoms. The monoisotopic (exact) mass is 179 g/mol. The molecule has 0 saturated heterocycles. The van der Waals surface area contributed by atoms with Crippen molar-refractivity contribution in [3.05, 3.63) is 30.4 Å². The average Bonchev–Trinajstić information content (AvgIpc) is 2.54. The molecule has 0 aliphatic rings. The Bertz CT molecular complexity index is 263. The average molecular weight is 179 g/mol. The Kier molecular flexibility index (Phi) is 4.26. The molecular formula is C10H17N3. The molecule has 0 aliphatic heterocycles. The molecule has 0 radical (unpaired) electrons. The summed E-state index contributed by atoms with van der Waals surface area (Å²) in [6.45, 7) is 3.73.